The van der Waals surface area contributed by atoms with Crippen LogP contribution in [0.1, 0.15) is 34.3 Å². The van der Waals surface area contributed by atoms with Crippen molar-refractivity contribution in [1.29, 1.82) is 0 Å². The average molecular weight is 548 g/mol. The number of anilines is 1. The second-order valence-corrected chi connectivity index (χ2v) is 10.6. The number of alkyl halides is 3. The van der Waals surface area contributed by atoms with Gasteiger partial charge in [0.25, 0.3) is 5.91 Å². The molecule has 3 aromatic rings. The maximum absolute atomic E-state index is 13.8. The third-order valence-corrected chi connectivity index (χ3v) is 7.46. The Morgan fingerprint density at radius 2 is 1.74 bits per heavy atom. The largest absolute Gasteiger partial charge is 0.495 e. The summed E-state index contributed by atoms with van der Waals surface area (Å²) in [7, 11) is -2.79. The van der Waals surface area contributed by atoms with Crippen molar-refractivity contribution in [2.24, 2.45) is 5.14 Å². The predicted molar refractivity (Wildman–Crippen MR) is 139 cm³/mol. The standard InChI is InChI=1S/C27H28F3N3O4S/c1-37-24-17-19(8-11-25(24)38(31,35)36)26(34)32-20-9-10-21(18(16-20)12-15-33-13-4-5-14-33)22-6-2-3-7-23(22)27(28,29)30/h2-3,6-11,16-17H,4-5,12-15H2,1H3,(H,32,34)(H2,31,35,36). The SMILES string of the molecule is COc1cc(C(=O)Nc2ccc(-c3ccccc3C(F)(F)F)c(CCN3CCCC3)c2)ccc1S(N)(=O)=O. The fraction of sp³-hybridized carbons (Fsp3) is 0.296. The molecule has 38 heavy (non-hydrogen) atoms. The Balaban J connectivity index is 1.67. The first-order valence-corrected chi connectivity index (χ1v) is 13.6. The third-order valence-electron chi connectivity index (χ3n) is 6.51. The Morgan fingerprint density at radius 3 is 2.39 bits per heavy atom. The average Bonchev–Trinajstić information content (AvgIpc) is 3.40. The molecule has 0 atom stereocenters. The Kier molecular flexibility index (Phi) is 8.10. The molecule has 3 N–H and O–H groups in total. The highest BCUT2D eigenvalue weighted by atomic mass is 32.2. The topological polar surface area (TPSA) is 102 Å². The number of nitrogens with two attached hydrogens (primary N) is 1. The number of ether oxygens (including phenoxy) is 1. The normalized spacial score (nSPS) is 14.4. The zero-order valence-electron chi connectivity index (χ0n) is 20.7. The number of nitrogens with one attached hydrogen (secondary N) is 1. The minimum absolute atomic E-state index is 0.0782. The van der Waals surface area contributed by atoms with Gasteiger partial charge in [0, 0.05) is 17.8 Å². The summed E-state index contributed by atoms with van der Waals surface area (Å²) in [5, 5.41) is 7.94. The zero-order valence-corrected chi connectivity index (χ0v) is 21.5. The number of benzene rings is 3. The summed E-state index contributed by atoms with van der Waals surface area (Å²) in [6.07, 6.45) is -1.83. The van der Waals surface area contributed by atoms with Crippen LogP contribution >= 0.6 is 0 Å². The highest BCUT2D eigenvalue weighted by molar-refractivity contribution is 7.89. The van der Waals surface area contributed by atoms with Gasteiger partial charge in [-0.15, -0.1) is 0 Å². The maximum atomic E-state index is 13.8. The van der Waals surface area contributed by atoms with Gasteiger partial charge in [-0.3, -0.25) is 4.79 Å². The van der Waals surface area contributed by atoms with Gasteiger partial charge >= 0.3 is 6.18 Å². The molecule has 1 aliphatic heterocycles. The number of rotatable bonds is 8. The molecule has 202 valence electrons. The number of likely N-dealkylation sites (tertiary alicyclic amines) is 1. The molecule has 0 spiro atoms. The lowest BCUT2D eigenvalue weighted by Gasteiger charge is -2.20. The van der Waals surface area contributed by atoms with E-state index in [0.29, 0.717) is 29.8 Å². The number of nitrogens with zero attached hydrogens (tertiary/aromatic N) is 1. The van der Waals surface area contributed by atoms with Crippen LogP contribution < -0.4 is 15.2 Å². The van der Waals surface area contributed by atoms with Gasteiger partial charge in [0.1, 0.15) is 10.6 Å². The second kappa shape index (κ2) is 11.1. The van der Waals surface area contributed by atoms with Crippen LogP contribution in [0, 0.1) is 0 Å². The molecular weight excluding hydrogens is 519 g/mol. The number of carbonyl (C=O) groups excluding carboxylic acids is 1. The number of primary sulfonamides is 1. The first-order valence-electron chi connectivity index (χ1n) is 12.0. The number of hydrogen-bond donors (Lipinski definition) is 2. The smallest absolute Gasteiger partial charge is 0.417 e. The number of carbonyl (C=O) groups is 1. The molecule has 1 heterocycles. The van der Waals surface area contributed by atoms with Crippen LogP contribution in [0.5, 0.6) is 5.75 Å². The van der Waals surface area contributed by atoms with Crippen LogP contribution in [0.2, 0.25) is 0 Å². The third kappa shape index (κ3) is 6.35. The van der Waals surface area contributed by atoms with Gasteiger partial charge in [-0.25, -0.2) is 13.6 Å². The fourth-order valence-electron chi connectivity index (χ4n) is 4.64. The van der Waals surface area contributed by atoms with Crippen molar-refractivity contribution in [2.75, 3.05) is 32.1 Å². The van der Waals surface area contributed by atoms with Crippen molar-refractivity contribution in [1.82, 2.24) is 4.90 Å². The number of hydrogen-bond acceptors (Lipinski definition) is 5. The molecule has 11 heteroatoms. The van der Waals surface area contributed by atoms with Crippen molar-refractivity contribution in [3.05, 3.63) is 77.4 Å². The molecule has 0 radical (unpaired) electrons. The summed E-state index contributed by atoms with van der Waals surface area (Å²) in [6.45, 7) is 2.58. The van der Waals surface area contributed by atoms with E-state index in [1.54, 1.807) is 24.3 Å². The van der Waals surface area contributed by atoms with Gasteiger partial charge in [0.2, 0.25) is 10.0 Å². The first-order chi connectivity index (χ1) is 18.0. The molecule has 1 saturated heterocycles. The molecule has 1 amide bonds. The second-order valence-electron chi connectivity index (χ2n) is 9.08. The van der Waals surface area contributed by atoms with Gasteiger partial charge in [-0.05, 0) is 85.4 Å². The fourth-order valence-corrected chi connectivity index (χ4v) is 5.32. The number of methoxy groups -OCH3 is 1. The van der Waals surface area contributed by atoms with Crippen LogP contribution in [0.25, 0.3) is 11.1 Å². The Bertz CT molecular complexity index is 1440. The highest BCUT2D eigenvalue weighted by Crippen LogP contribution is 2.39. The summed E-state index contributed by atoms with van der Waals surface area (Å²) in [4.78, 5) is 15.0. The molecule has 3 aromatic carbocycles. The number of sulfonamides is 1. The Labute approximate surface area is 219 Å². The van der Waals surface area contributed by atoms with Gasteiger partial charge in [0.05, 0.1) is 12.7 Å². The van der Waals surface area contributed by atoms with E-state index in [4.69, 9.17) is 9.88 Å². The molecule has 0 saturated carbocycles. The highest BCUT2D eigenvalue weighted by Gasteiger charge is 2.33. The van der Waals surface area contributed by atoms with E-state index in [1.165, 1.54) is 37.4 Å². The van der Waals surface area contributed by atoms with Crippen LogP contribution in [0.3, 0.4) is 0 Å². The van der Waals surface area contributed by atoms with E-state index in [-0.39, 0.29) is 21.8 Å². The number of amides is 1. The molecule has 0 aromatic heterocycles. The van der Waals surface area contributed by atoms with E-state index in [9.17, 15) is 26.4 Å². The van der Waals surface area contributed by atoms with Crippen molar-refractivity contribution in [3.8, 4) is 16.9 Å². The van der Waals surface area contributed by atoms with E-state index in [1.807, 2.05) is 0 Å². The summed E-state index contributed by atoms with van der Waals surface area (Å²) in [5.41, 5.74) is 1.01. The van der Waals surface area contributed by atoms with Crippen molar-refractivity contribution in [2.45, 2.75) is 30.3 Å². The quantitative estimate of drug-likeness (QED) is 0.417. The van der Waals surface area contributed by atoms with E-state index in [0.717, 1.165) is 32.0 Å². The molecule has 4 rings (SSSR count). The lowest BCUT2D eigenvalue weighted by Crippen LogP contribution is -2.22. The van der Waals surface area contributed by atoms with Crippen LogP contribution in [0.4, 0.5) is 18.9 Å². The predicted octanol–water partition coefficient (Wildman–Crippen LogP) is 4.92. The molecule has 1 fully saturated rings. The summed E-state index contributed by atoms with van der Waals surface area (Å²) in [5.74, 6) is -0.622. The summed E-state index contributed by atoms with van der Waals surface area (Å²) in [6, 6.07) is 14.0. The van der Waals surface area contributed by atoms with E-state index >= 15 is 0 Å². The lowest BCUT2D eigenvalue weighted by atomic mass is 9.93. The Hall–Kier alpha value is -3.41. The van der Waals surface area contributed by atoms with Gasteiger partial charge in [-0.1, -0.05) is 24.3 Å². The van der Waals surface area contributed by atoms with Crippen molar-refractivity contribution < 1.29 is 31.1 Å². The molecule has 0 aliphatic carbocycles. The van der Waals surface area contributed by atoms with Crippen LogP contribution in [0.15, 0.2) is 65.6 Å². The monoisotopic (exact) mass is 547 g/mol. The first kappa shape index (κ1) is 27.6. The Morgan fingerprint density at radius 1 is 1.03 bits per heavy atom. The molecule has 0 unspecified atom stereocenters. The molecule has 1 aliphatic rings. The van der Waals surface area contributed by atoms with E-state index < -0.39 is 27.7 Å². The minimum Gasteiger partial charge on any atom is -0.495 e. The summed E-state index contributed by atoms with van der Waals surface area (Å²) >= 11 is 0. The van der Waals surface area contributed by atoms with Crippen LogP contribution in [-0.4, -0.2) is 46.0 Å². The van der Waals surface area contributed by atoms with Crippen LogP contribution in [-0.2, 0) is 22.6 Å². The van der Waals surface area contributed by atoms with E-state index in [2.05, 4.69) is 10.2 Å². The molecular formula is C27H28F3N3O4S. The van der Waals surface area contributed by atoms with Crippen molar-refractivity contribution in [3.63, 3.8) is 0 Å². The number of halogens is 3. The summed E-state index contributed by atoms with van der Waals surface area (Å²) < 4.78 is 69.9. The van der Waals surface area contributed by atoms with Gasteiger partial charge in [-0.2, -0.15) is 13.2 Å². The maximum Gasteiger partial charge on any atom is 0.417 e. The van der Waals surface area contributed by atoms with Gasteiger partial charge in [0.15, 0.2) is 0 Å². The van der Waals surface area contributed by atoms with Crippen molar-refractivity contribution >= 4 is 21.6 Å². The van der Waals surface area contributed by atoms with Gasteiger partial charge < -0.3 is 15.0 Å². The lowest BCUT2D eigenvalue weighted by molar-refractivity contribution is -0.137. The zero-order chi connectivity index (χ0) is 27.5. The molecule has 7 nitrogen and oxygen atoms in total. The minimum atomic E-state index is -4.52. The molecule has 0 bridgehead atoms.